The van der Waals surface area contributed by atoms with Crippen LogP contribution in [-0.2, 0) is 6.42 Å². The van der Waals surface area contributed by atoms with Gasteiger partial charge in [-0.2, -0.15) is 0 Å². The standard InChI is InChI=1S/C17H22BrNS/c1-5-19-16(15-10-17(18)20-13(15)4)9-14-8-11(2)6-7-12(14)3/h6-8,10,16,19H,5,9H2,1-4H3. The van der Waals surface area contributed by atoms with Crippen LogP contribution in [0.25, 0.3) is 0 Å². The van der Waals surface area contributed by atoms with E-state index in [0.29, 0.717) is 6.04 Å². The van der Waals surface area contributed by atoms with Crippen LogP contribution in [0.1, 0.15) is 40.1 Å². The number of thiophene rings is 1. The van der Waals surface area contributed by atoms with Crippen LogP contribution in [0.2, 0.25) is 0 Å². The molecule has 0 aliphatic carbocycles. The summed E-state index contributed by atoms with van der Waals surface area (Å²) in [5, 5.41) is 3.63. The summed E-state index contributed by atoms with van der Waals surface area (Å²) < 4.78 is 1.22. The summed E-state index contributed by atoms with van der Waals surface area (Å²) in [6.07, 6.45) is 1.05. The molecule has 1 nitrogen and oxygen atoms in total. The van der Waals surface area contributed by atoms with Crippen molar-refractivity contribution in [1.82, 2.24) is 5.32 Å². The van der Waals surface area contributed by atoms with Crippen LogP contribution in [0, 0.1) is 20.8 Å². The molecule has 2 rings (SSSR count). The Morgan fingerprint density at radius 1 is 1.20 bits per heavy atom. The number of likely N-dealkylation sites (N-methyl/N-ethyl adjacent to an activating group) is 1. The molecule has 0 spiro atoms. The average molecular weight is 352 g/mol. The summed E-state index contributed by atoms with van der Waals surface area (Å²) in [6, 6.07) is 9.38. The summed E-state index contributed by atoms with van der Waals surface area (Å²) in [7, 11) is 0. The van der Waals surface area contributed by atoms with Gasteiger partial charge in [0.1, 0.15) is 0 Å². The second-order valence-electron chi connectivity index (χ2n) is 5.31. The molecule has 0 bridgehead atoms. The number of hydrogen-bond acceptors (Lipinski definition) is 2. The number of aryl methyl sites for hydroxylation is 3. The zero-order valence-electron chi connectivity index (χ0n) is 12.6. The maximum absolute atomic E-state index is 3.63. The molecule has 3 heteroatoms. The van der Waals surface area contributed by atoms with Crippen molar-refractivity contribution in [3.8, 4) is 0 Å². The van der Waals surface area contributed by atoms with Gasteiger partial charge in [0.15, 0.2) is 0 Å². The molecule has 0 saturated carbocycles. The highest BCUT2D eigenvalue weighted by Crippen LogP contribution is 2.32. The zero-order valence-corrected chi connectivity index (χ0v) is 15.0. The molecule has 1 aromatic carbocycles. The van der Waals surface area contributed by atoms with E-state index in [2.05, 4.69) is 73.2 Å². The van der Waals surface area contributed by atoms with Gasteiger partial charge in [-0.15, -0.1) is 11.3 Å². The molecule has 1 N–H and O–H groups in total. The Morgan fingerprint density at radius 2 is 1.95 bits per heavy atom. The third-order valence-electron chi connectivity index (χ3n) is 3.68. The average Bonchev–Trinajstić information content (AvgIpc) is 2.72. The van der Waals surface area contributed by atoms with Gasteiger partial charge in [0.25, 0.3) is 0 Å². The quantitative estimate of drug-likeness (QED) is 0.767. The van der Waals surface area contributed by atoms with Gasteiger partial charge in [-0.25, -0.2) is 0 Å². The first kappa shape index (κ1) is 15.7. The van der Waals surface area contributed by atoms with E-state index in [1.165, 1.54) is 30.9 Å². The number of hydrogen-bond donors (Lipinski definition) is 1. The fourth-order valence-corrected chi connectivity index (χ4v) is 4.36. The molecule has 0 fully saturated rings. The predicted molar refractivity (Wildman–Crippen MR) is 92.8 cm³/mol. The fourth-order valence-electron chi connectivity index (χ4n) is 2.58. The predicted octanol–water partition coefficient (Wildman–Crippen LogP) is 5.33. The molecule has 20 heavy (non-hydrogen) atoms. The molecule has 108 valence electrons. The summed E-state index contributed by atoms with van der Waals surface area (Å²) in [4.78, 5) is 1.40. The van der Waals surface area contributed by atoms with Crippen molar-refractivity contribution >= 4 is 27.3 Å². The zero-order chi connectivity index (χ0) is 14.7. The van der Waals surface area contributed by atoms with Crippen molar-refractivity contribution in [3.05, 3.63) is 55.2 Å². The number of halogens is 1. The summed E-state index contributed by atoms with van der Waals surface area (Å²) in [5.41, 5.74) is 5.58. The minimum absolute atomic E-state index is 0.392. The molecule has 1 atom stereocenters. The van der Waals surface area contributed by atoms with Crippen molar-refractivity contribution in [1.29, 1.82) is 0 Å². The molecule has 0 aliphatic rings. The van der Waals surface area contributed by atoms with Gasteiger partial charge in [-0.1, -0.05) is 30.7 Å². The van der Waals surface area contributed by atoms with Crippen molar-refractivity contribution in [2.24, 2.45) is 0 Å². The minimum Gasteiger partial charge on any atom is -0.310 e. The molecular formula is C17H22BrNS. The molecule has 0 amide bonds. The van der Waals surface area contributed by atoms with Gasteiger partial charge >= 0.3 is 0 Å². The van der Waals surface area contributed by atoms with Crippen LogP contribution >= 0.6 is 27.3 Å². The van der Waals surface area contributed by atoms with Crippen molar-refractivity contribution in [2.45, 2.75) is 40.2 Å². The lowest BCUT2D eigenvalue weighted by molar-refractivity contribution is 0.548. The highest BCUT2D eigenvalue weighted by molar-refractivity contribution is 9.11. The lowest BCUT2D eigenvalue weighted by Gasteiger charge is -2.19. The van der Waals surface area contributed by atoms with Crippen LogP contribution in [0.3, 0.4) is 0 Å². The Morgan fingerprint density at radius 3 is 2.55 bits per heavy atom. The molecular weight excluding hydrogens is 330 g/mol. The second kappa shape index (κ2) is 6.88. The fraction of sp³-hybridized carbons (Fsp3) is 0.412. The van der Waals surface area contributed by atoms with Gasteiger partial charge in [0.2, 0.25) is 0 Å². The first-order valence-corrected chi connectivity index (χ1v) is 8.67. The van der Waals surface area contributed by atoms with E-state index in [1.54, 1.807) is 0 Å². The van der Waals surface area contributed by atoms with Crippen LogP contribution in [0.15, 0.2) is 28.1 Å². The van der Waals surface area contributed by atoms with Crippen molar-refractivity contribution in [3.63, 3.8) is 0 Å². The number of rotatable bonds is 5. The number of nitrogens with one attached hydrogen (secondary N) is 1. The first-order valence-electron chi connectivity index (χ1n) is 7.06. The van der Waals surface area contributed by atoms with E-state index >= 15 is 0 Å². The highest BCUT2D eigenvalue weighted by Gasteiger charge is 2.17. The molecule has 0 saturated heterocycles. The molecule has 2 aromatic rings. The Labute approximate surface area is 134 Å². The normalized spacial score (nSPS) is 12.7. The van der Waals surface area contributed by atoms with Crippen LogP contribution in [0.5, 0.6) is 0 Å². The van der Waals surface area contributed by atoms with Crippen molar-refractivity contribution in [2.75, 3.05) is 6.54 Å². The van der Waals surface area contributed by atoms with Crippen LogP contribution in [-0.4, -0.2) is 6.54 Å². The maximum Gasteiger partial charge on any atom is 0.0704 e. The van der Waals surface area contributed by atoms with E-state index in [4.69, 9.17) is 0 Å². The summed E-state index contributed by atoms with van der Waals surface area (Å²) in [6.45, 7) is 9.74. The minimum atomic E-state index is 0.392. The molecule has 1 unspecified atom stereocenters. The summed E-state index contributed by atoms with van der Waals surface area (Å²) >= 11 is 5.42. The van der Waals surface area contributed by atoms with Gasteiger partial charge in [0.05, 0.1) is 3.79 Å². The third-order valence-corrected chi connectivity index (χ3v) is 5.25. The largest absolute Gasteiger partial charge is 0.310 e. The SMILES string of the molecule is CCNC(Cc1cc(C)ccc1C)c1cc(Br)sc1C. The summed E-state index contributed by atoms with van der Waals surface area (Å²) in [5.74, 6) is 0. The van der Waals surface area contributed by atoms with E-state index in [9.17, 15) is 0 Å². The van der Waals surface area contributed by atoms with Gasteiger partial charge in [-0.3, -0.25) is 0 Å². The third kappa shape index (κ3) is 3.72. The monoisotopic (exact) mass is 351 g/mol. The first-order chi connectivity index (χ1) is 9.51. The van der Waals surface area contributed by atoms with Gasteiger partial charge < -0.3 is 5.32 Å². The maximum atomic E-state index is 3.63. The number of benzene rings is 1. The van der Waals surface area contributed by atoms with E-state index in [0.717, 1.165) is 13.0 Å². The Kier molecular flexibility index (Phi) is 5.42. The molecule has 0 aliphatic heterocycles. The van der Waals surface area contributed by atoms with Crippen molar-refractivity contribution < 1.29 is 0 Å². The Hall–Kier alpha value is -0.640. The Balaban J connectivity index is 2.30. The van der Waals surface area contributed by atoms with Gasteiger partial charge in [-0.05, 0) is 72.4 Å². The lowest BCUT2D eigenvalue weighted by atomic mass is 9.95. The lowest BCUT2D eigenvalue weighted by Crippen LogP contribution is -2.23. The molecule has 1 aromatic heterocycles. The van der Waals surface area contributed by atoms with Crippen LogP contribution in [0.4, 0.5) is 0 Å². The second-order valence-corrected chi connectivity index (χ2v) is 7.94. The highest BCUT2D eigenvalue weighted by atomic mass is 79.9. The smallest absolute Gasteiger partial charge is 0.0704 e. The van der Waals surface area contributed by atoms with E-state index in [1.807, 2.05) is 11.3 Å². The molecule has 0 radical (unpaired) electrons. The topological polar surface area (TPSA) is 12.0 Å². The molecule has 1 heterocycles. The Bertz CT molecular complexity index is 589. The van der Waals surface area contributed by atoms with Gasteiger partial charge in [0, 0.05) is 10.9 Å². The van der Waals surface area contributed by atoms with Crippen LogP contribution < -0.4 is 5.32 Å². The van der Waals surface area contributed by atoms with E-state index in [-0.39, 0.29) is 0 Å². The van der Waals surface area contributed by atoms with E-state index < -0.39 is 0 Å².